The van der Waals surface area contributed by atoms with E-state index in [1.54, 1.807) is 22.3 Å². The van der Waals surface area contributed by atoms with Gasteiger partial charge in [-0.2, -0.15) is 0 Å². The second-order valence-electron chi connectivity index (χ2n) is 22.7. The maximum Gasteiger partial charge on any atom is 0.0604 e. The molecule has 12 rings (SSSR count). The van der Waals surface area contributed by atoms with Gasteiger partial charge in [0.2, 0.25) is 0 Å². The Labute approximate surface area is 352 Å². The molecule has 2 bridgehead atoms. The monoisotopic (exact) mass is 779 g/mol. The van der Waals surface area contributed by atoms with Crippen molar-refractivity contribution in [3.8, 4) is 11.1 Å². The smallest absolute Gasteiger partial charge is 0.0604 e. The maximum absolute atomic E-state index is 2.83. The predicted octanol–water partition coefficient (Wildman–Crippen LogP) is 15.3. The Bertz CT molecular complexity index is 2480. The van der Waals surface area contributed by atoms with Crippen molar-refractivity contribution in [2.24, 2.45) is 29.1 Å². The van der Waals surface area contributed by atoms with E-state index in [9.17, 15) is 0 Å². The van der Waals surface area contributed by atoms with Crippen LogP contribution in [0, 0.1) is 29.1 Å². The Morgan fingerprint density at radius 3 is 1.69 bits per heavy atom. The van der Waals surface area contributed by atoms with Crippen LogP contribution in [-0.4, -0.2) is 0 Å². The molecule has 0 aromatic heterocycles. The van der Waals surface area contributed by atoms with Crippen LogP contribution in [0.4, 0.5) is 17.1 Å². The molecular weight excluding hydrogens is 719 g/mol. The molecule has 0 radical (unpaired) electrons. The van der Waals surface area contributed by atoms with Crippen LogP contribution in [0.3, 0.4) is 0 Å². The van der Waals surface area contributed by atoms with Gasteiger partial charge in [-0.15, -0.1) is 0 Å². The molecule has 2 heteroatoms. The van der Waals surface area contributed by atoms with E-state index in [1.165, 1.54) is 100 Å². The topological polar surface area (TPSA) is 3.24 Å². The lowest BCUT2D eigenvalue weighted by molar-refractivity contribution is -0.235. The van der Waals surface area contributed by atoms with Crippen LogP contribution in [0.25, 0.3) is 11.1 Å². The summed E-state index contributed by atoms with van der Waals surface area (Å²) >= 11 is 2.09. The first-order valence-electron chi connectivity index (χ1n) is 22.8. The minimum atomic E-state index is 0.0497. The summed E-state index contributed by atoms with van der Waals surface area (Å²) in [6.07, 6.45) is 10.6. The third-order valence-electron chi connectivity index (χ3n) is 18.1. The molecule has 0 saturated heterocycles. The summed E-state index contributed by atoms with van der Waals surface area (Å²) in [7, 11) is 0. The quantitative estimate of drug-likeness (QED) is 0.179. The van der Waals surface area contributed by atoms with Gasteiger partial charge < -0.3 is 4.90 Å². The standard InChI is InChI=1S/C56H61NS/c1-51(2)25-27-53(5,6)48-39(51)17-12-20-42(48)57(43-21-13-18-40-49(43)54(7,8)28-26-52(40,3)4)44-22-14-19-41-50(44)58-45-31-36(35-15-10-9-11-16-35)23-24-38(45)56(41)46-30-34-29-37-32-47(56)55(37,46)33-34/h9-24,31,34,37,46-47H,25-30,32-33H2,1-8H3. The SMILES string of the molecule is CC1(C)CCC(C)(C)c2c(N(c3cccc4c3Sc3cc(-c5ccccc5)ccc3C43C4CC5CC6CC3C64C5)c3cccc4c3C(C)(C)CCC4(C)C)cccc21. The van der Waals surface area contributed by atoms with Crippen molar-refractivity contribution in [3.63, 3.8) is 0 Å². The first kappa shape index (κ1) is 36.1. The highest BCUT2D eigenvalue weighted by atomic mass is 32.2. The van der Waals surface area contributed by atoms with Crippen LogP contribution in [0.15, 0.2) is 113 Å². The lowest BCUT2D eigenvalue weighted by Gasteiger charge is -2.78. The summed E-state index contributed by atoms with van der Waals surface area (Å²) in [5.74, 6) is 3.38. The number of hydrogen-bond donors (Lipinski definition) is 0. The largest absolute Gasteiger partial charge is 0.309 e. The Balaban J connectivity index is 1.16. The van der Waals surface area contributed by atoms with Crippen molar-refractivity contribution in [1.29, 1.82) is 0 Å². The highest BCUT2D eigenvalue weighted by molar-refractivity contribution is 7.99. The van der Waals surface area contributed by atoms with Crippen LogP contribution in [-0.2, 0) is 27.1 Å². The predicted molar refractivity (Wildman–Crippen MR) is 243 cm³/mol. The Morgan fingerprint density at radius 2 is 1.07 bits per heavy atom. The third kappa shape index (κ3) is 4.42. The molecule has 1 aliphatic heterocycles. The average molecular weight is 780 g/mol. The first-order valence-corrected chi connectivity index (χ1v) is 23.6. The van der Waals surface area contributed by atoms with Crippen LogP contribution in [0.5, 0.6) is 0 Å². The van der Waals surface area contributed by atoms with Crippen molar-refractivity contribution in [2.75, 3.05) is 4.90 Å². The van der Waals surface area contributed by atoms with E-state index < -0.39 is 0 Å². The van der Waals surface area contributed by atoms with Gasteiger partial charge in [0.15, 0.2) is 0 Å². The molecule has 4 fully saturated rings. The normalized spacial score (nSPS) is 31.5. The highest BCUT2D eigenvalue weighted by Crippen LogP contribution is 2.89. The van der Waals surface area contributed by atoms with Gasteiger partial charge in [-0.1, -0.05) is 146 Å². The molecule has 6 atom stereocenters. The Hall–Kier alpha value is -3.75. The molecule has 1 heterocycles. The molecule has 5 aromatic carbocycles. The summed E-state index contributed by atoms with van der Waals surface area (Å²) in [6, 6.07) is 41.1. The fraction of sp³-hybridized carbons (Fsp3) is 0.464. The van der Waals surface area contributed by atoms with E-state index >= 15 is 0 Å². The van der Waals surface area contributed by atoms with Crippen molar-refractivity contribution in [3.05, 3.63) is 137 Å². The van der Waals surface area contributed by atoms with E-state index in [0.29, 0.717) is 5.41 Å². The fourth-order valence-corrected chi connectivity index (χ4v) is 16.6. The lowest BCUT2D eigenvalue weighted by Crippen LogP contribution is -2.74. The molecule has 0 amide bonds. The molecule has 5 aromatic rings. The second-order valence-corrected chi connectivity index (χ2v) is 23.7. The molecular formula is C56H61NS. The average Bonchev–Trinajstić information content (AvgIpc) is 3.74. The number of anilines is 3. The molecule has 1 nitrogen and oxygen atoms in total. The lowest BCUT2D eigenvalue weighted by atomic mass is 9.26. The summed E-state index contributed by atoms with van der Waals surface area (Å²) in [5.41, 5.74) is 17.3. The minimum Gasteiger partial charge on any atom is -0.309 e. The van der Waals surface area contributed by atoms with E-state index in [1.807, 2.05) is 0 Å². The number of benzene rings is 5. The van der Waals surface area contributed by atoms with E-state index in [-0.39, 0.29) is 27.1 Å². The van der Waals surface area contributed by atoms with Gasteiger partial charge in [0, 0.05) is 15.2 Å². The van der Waals surface area contributed by atoms with Gasteiger partial charge in [0.05, 0.1) is 17.1 Å². The number of nitrogens with zero attached hydrogens (tertiary/aromatic N) is 1. The molecule has 58 heavy (non-hydrogen) atoms. The van der Waals surface area contributed by atoms with Gasteiger partial charge in [-0.05, 0) is 171 Å². The van der Waals surface area contributed by atoms with E-state index in [0.717, 1.165) is 23.7 Å². The van der Waals surface area contributed by atoms with Crippen molar-refractivity contribution in [2.45, 2.75) is 144 Å². The summed E-state index contributed by atoms with van der Waals surface area (Å²) in [6.45, 7) is 20.1. The first-order chi connectivity index (χ1) is 27.7. The zero-order chi connectivity index (χ0) is 39.8. The van der Waals surface area contributed by atoms with Gasteiger partial charge in [0.25, 0.3) is 0 Å². The summed E-state index contributed by atoms with van der Waals surface area (Å²) < 4.78 is 0. The maximum atomic E-state index is 2.83. The second kappa shape index (κ2) is 11.5. The summed E-state index contributed by atoms with van der Waals surface area (Å²) in [4.78, 5) is 5.83. The Kier molecular flexibility index (Phi) is 7.19. The molecule has 4 saturated carbocycles. The third-order valence-corrected chi connectivity index (χ3v) is 19.3. The van der Waals surface area contributed by atoms with Gasteiger partial charge in [-0.25, -0.2) is 0 Å². The van der Waals surface area contributed by atoms with E-state index in [4.69, 9.17) is 0 Å². The highest BCUT2D eigenvalue weighted by Gasteiger charge is 2.84. The number of rotatable bonds is 4. The fourth-order valence-electron chi connectivity index (χ4n) is 15.3. The van der Waals surface area contributed by atoms with Gasteiger partial charge in [0.1, 0.15) is 0 Å². The van der Waals surface area contributed by atoms with Crippen LogP contribution in [0.1, 0.15) is 140 Å². The van der Waals surface area contributed by atoms with Crippen LogP contribution >= 0.6 is 11.8 Å². The molecule has 2 spiro atoms. The van der Waals surface area contributed by atoms with Gasteiger partial charge in [-0.3, -0.25) is 0 Å². The zero-order valence-corrected chi connectivity index (χ0v) is 37.0. The molecule has 6 unspecified atom stereocenters. The van der Waals surface area contributed by atoms with Gasteiger partial charge >= 0.3 is 0 Å². The molecule has 6 aliphatic carbocycles. The minimum absolute atomic E-state index is 0.0497. The molecule has 7 aliphatic rings. The number of hydrogen-bond acceptors (Lipinski definition) is 2. The Morgan fingerprint density at radius 1 is 0.500 bits per heavy atom. The zero-order valence-electron chi connectivity index (χ0n) is 36.1. The molecule has 0 N–H and O–H groups in total. The number of fused-ring (bicyclic) bond motifs is 9. The van der Waals surface area contributed by atoms with Crippen molar-refractivity contribution in [1.82, 2.24) is 0 Å². The van der Waals surface area contributed by atoms with Crippen molar-refractivity contribution >= 4 is 28.8 Å². The summed E-state index contributed by atoms with van der Waals surface area (Å²) in [5, 5.41) is 0. The molecule has 296 valence electrons. The van der Waals surface area contributed by atoms with Crippen molar-refractivity contribution < 1.29 is 0 Å². The van der Waals surface area contributed by atoms with E-state index in [2.05, 4.69) is 175 Å². The van der Waals surface area contributed by atoms with Crippen LogP contribution < -0.4 is 4.90 Å². The van der Waals surface area contributed by atoms with Crippen LogP contribution in [0.2, 0.25) is 0 Å².